The van der Waals surface area contributed by atoms with Crippen molar-refractivity contribution in [3.8, 4) is 0 Å². The van der Waals surface area contributed by atoms with Gasteiger partial charge in [0, 0.05) is 18.8 Å². The summed E-state index contributed by atoms with van der Waals surface area (Å²) in [5.74, 6) is 0.0298. The van der Waals surface area contributed by atoms with Gasteiger partial charge in [-0.2, -0.15) is 0 Å². The quantitative estimate of drug-likeness (QED) is 0.813. The maximum Gasteiger partial charge on any atom is 0.266 e. The van der Waals surface area contributed by atoms with Crippen LogP contribution >= 0.6 is 11.3 Å². The van der Waals surface area contributed by atoms with Gasteiger partial charge in [-0.05, 0) is 51.7 Å². The molecule has 1 aromatic heterocycles. The van der Waals surface area contributed by atoms with Crippen LogP contribution in [0.15, 0.2) is 29.8 Å². The molecule has 1 unspecified atom stereocenters. The van der Waals surface area contributed by atoms with Gasteiger partial charge in [0.05, 0.1) is 11.2 Å². The molecule has 4 rings (SSSR count). The molecule has 2 saturated heterocycles. The lowest BCUT2D eigenvalue weighted by Crippen LogP contribution is -2.61. The molecule has 0 aliphatic carbocycles. The second kappa shape index (κ2) is 6.50. The fourth-order valence-electron chi connectivity index (χ4n) is 4.25. The third-order valence-electron chi connectivity index (χ3n) is 5.63. The summed E-state index contributed by atoms with van der Waals surface area (Å²) >= 11 is 1.36. The first kappa shape index (κ1) is 17.2. The first-order valence-electron chi connectivity index (χ1n) is 9.14. The lowest BCUT2D eigenvalue weighted by Gasteiger charge is -2.44. The molecule has 2 amide bonds. The Balaban J connectivity index is 1.67. The molecular formula is C20H23N3O2S. The largest absolute Gasteiger partial charge is 0.323 e. The van der Waals surface area contributed by atoms with Crippen LogP contribution in [0.25, 0.3) is 0 Å². The van der Waals surface area contributed by atoms with Gasteiger partial charge in [-0.1, -0.05) is 17.7 Å². The number of hydrogen-bond donors (Lipinski definition) is 0. The molecular weight excluding hydrogens is 346 g/mol. The molecule has 26 heavy (non-hydrogen) atoms. The SMILES string of the molecule is Cc1ccc(N2CCCC3(CCCN3C(=O)c3scnc3C)C2=O)cc1. The van der Waals surface area contributed by atoms with Crippen molar-refractivity contribution in [1.29, 1.82) is 0 Å². The zero-order valence-corrected chi connectivity index (χ0v) is 16.0. The molecule has 0 N–H and O–H groups in total. The fraction of sp³-hybridized carbons (Fsp3) is 0.450. The monoisotopic (exact) mass is 369 g/mol. The normalized spacial score (nSPS) is 23.1. The van der Waals surface area contributed by atoms with Gasteiger partial charge in [-0.25, -0.2) is 4.98 Å². The first-order valence-corrected chi connectivity index (χ1v) is 10.0. The summed E-state index contributed by atoms with van der Waals surface area (Å²) < 4.78 is 0. The summed E-state index contributed by atoms with van der Waals surface area (Å²) in [6.45, 7) is 5.25. The number of piperidine rings is 1. The number of aromatic nitrogens is 1. The van der Waals surface area contributed by atoms with Crippen LogP contribution < -0.4 is 4.90 Å². The van der Waals surface area contributed by atoms with Crippen molar-refractivity contribution < 1.29 is 9.59 Å². The zero-order chi connectivity index (χ0) is 18.3. The summed E-state index contributed by atoms with van der Waals surface area (Å²) in [7, 11) is 0. The van der Waals surface area contributed by atoms with Gasteiger partial charge in [0.25, 0.3) is 11.8 Å². The number of thiazole rings is 1. The number of benzene rings is 1. The number of likely N-dealkylation sites (tertiary alicyclic amines) is 1. The van der Waals surface area contributed by atoms with Crippen molar-refractivity contribution in [2.75, 3.05) is 18.0 Å². The number of anilines is 1. The minimum Gasteiger partial charge on any atom is -0.323 e. The molecule has 6 heteroatoms. The molecule has 0 radical (unpaired) electrons. The smallest absolute Gasteiger partial charge is 0.266 e. The van der Waals surface area contributed by atoms with E-state index in [0.29, 0.717) is 18.0 Å². The third-order valence-corrected chi connectivity index (χ3v) is 6.55. The Morgan fingerprint density at radius 1 is 1.12 bits per heavy atom. The van der Waals surface area contributed by atoms with Gasteiger partial charge >= 0.3 is 0 Å². The molecule has 0 saturated carbocycles. The Morgan fingerprint density at radius 2 is 1.81 bits per heavy atom. The van der Waals surface area contributed by atoms with Crippen LogP contribution in [0.4, 0.5) is 5.69 Å². The Kier molecular flexibility index (Phi) is 4.31. The van der Waals surface area contributed by atoms with Crippen molar-refractivity contribution in [3.63, 3.8) is 0 Å². The van der Waals surface area contributed by atoms with Gasteiger partial charge in [0.15, 0.2) is 0 Å². The van der Waals surface area contributed by atoms with Crippen LogP contribution in [0.5, 0.6) is 0 Å². The van der Waals surface area contributed by atoms with Crippen LogP contribution in [0, 0.1) is 13.8 Å². The number of hydrogen-bond acceptors (Lipinski definition) is 4. The lowest BCUT2D eigenvalue weighted by atomic mass is 9.85. The summed E-state index contributed by atoms with van der Waals surface area (Å²) in [4.78, 5) is 35.3. The second-order valence-corrected chi connectivity index (χ2v) is 8.11. The molecule has 5 nitrogen and oxygen atoms in total. The number of nitrogens with zero attached hydrogens (tertiary/aromatic N) is 3. The molecule has 2 aliphatic heterocycles. The number of aryl methyl sites for hydroxylation is 2. The summed E-state index contributed by atoms with van der Waals surface area (Å²) in [6, 6.07) is 8.06. The topological polar surface area (TPSA) is 53.5 Å². The first-order chi connectivity index (χ1) is 12.5. The van der Waals surface area contributed by atoms with E-state index in [1.165, 1.54) is 16.9 Å². The van der Waals surface area contributed by atoms with E-state index in [0.717, 1.165) is 37.1 Å². The lowest BCUT2D eigenvalue weighted by molar-refractivity contribution is -0.130. The molecule has 2 aromatic rings. The van der Waals surface area contributed by atoms with Crippen molar-refractivity contribution >= 4 is 28.8 Å². The number of carbonyl (C=O) groups excluding carboxylic acids is 2. The Hall–Kier alpha value is -2.21. The molecule has 2 fully saturated rings. The average Bonchev–Trinajstić information content (AvgIpc) is 3.25. The van der Waals surface area contributed by atoms with E-state index in [1.54, 1.807) is 5.51 Å². The Labute approximate surface area is 157 Å². The van der Waals surface area contributed by atoms with E-state index in [1.807, 2.05) is 47.9 Å². The highest BCUT2D eigenvalue weighted by Crippen LogP contribution is 2.41. The minimum absolute atomic E-state index is 0.0402. The summed E-state index contributed by atoms with van der Waals surface area (Å²) in [5, 5.41) is 0. The van der Waals surface area contributed by atoms with Crippen molar-refractivity contribution in [2.45, 2.75) is 45.1 Å². The number of carbonyl (C=O) groups is 2. The van der Waals surface area contributed by atoms with Crippen LogP contribution in [0.1, 0.15) is 46.6 Å². The van der Waals surface area contributed by atoms with E-state index < -0.39 is 5.54 Å². The van der Waals surface area contributed by atoms with E-state index in [9.17, 15) is 9.59 Å². The number of rotatable bonds is 2. The maximum atomic E-state index is 13.5. The van der Waals surface area contributed by atoms with Crippen LogP contribution in [-0.4, -0.2) is 40.3 Å². The zero-order valence-electron chi connectivity index (χ0n) is 15.2. The van der Waals surface area contributed by atoms with Gasteiger partial charge in [-0.15, -0.1) is 11.3 Å². The predicted molar refractivity (Wildman–Crippen MR) is 103 cm³/mol. The minimum atomic E-state index is -0.698. The van der Waals surface area contributed by atoms with Crippen molar-refractivity contribution in [3.05, 3.63) is 45.9 Å². The summed E-state index contributed by atoms with van der Waals surface area (Å²) in [5.41, 5.74) is 3.85. The van der Waals surface area contributed by atoms with Crippen molar-refractivity contribution in [2.24, 2.45) is 0 Å². The molecule has 1 atom stereocenters. The fourth-order valence-corrected chi connectivity index (χ4v) is 5.00. The predicted octanol–water partition coefficient (Wildman–Crippen LogP) is 3.56. The summed E-state index contributed by atoms with van der Waals surface area (Å²) in [6.07, 6.45) is 3.28. The molecule has 3 heterocycles. The van der Waals surface area contributed by atoms with Crippen LogP contribution in [0.2, 0.25) is 0 Å². The van der Waals surface area contributed by atoms with Gasteiger partial charge < -0.3 is 9.80 Å². The van der Waals surface area contributed by atoms with Gasteiger partial charge in [0.2, 0.25) is 0 Å². The standard InChI is InChI=1S/C20H23N3O2S/c1-14-5-7-16(8-6-14)22-11-3-9-20(19(22)25)10-4-12-23(20)18(24)17-15(2)21-13-26-17/h5-8,13H,3-4,9-12H2,1-2H3. The van der Waals surface area contributed by atoms with Crippen LogP contribution in [0.3, 0.4) is 0 Å². The maximum absolute atomic E-state index is 13.5. The molecule has 1 aromatic carbocycles. The van der Waals surface area contributed by atoms with E-state index in [2.05, 4.69) is 4.98 Å². The van der Waals surface area contributed by atoms with Gasteiger partial charge in [0.1, 0.15) is 10.4 Å². The second-order valence-electron chi connectivity index (χ2n) is 7.25. The highest BCUT2D eigenvalue weighted by molar-refractivity contribution is 7.11. The highest BCUT2D eigenvalue weighted by atomic mass is 32.1. The van der Waals surface area contributed by atoms with Crippen molar-refractivity contribution in [1.82, 2.24) is 9.88 Å². The molecule has 1 spiro atoms. The highest BCUT2D eigenvalue weighted by Gasteiger charge is 2.53. The Bertz CT molecular complexity index is 845. The Morgan fingerprint density at radius 3 is 2.46 bits per heavy atom. The van der Waals surface area contributed by atoms with E-state index >= 15 is 0 Å². The van der Waals surface area contributed by atoms with Crippen LogP contribution in [-0.2, 0) is 4.79 Å². The third kappa shape index (κ3) is 2.63. The molecule has 0 bridgehead atoms. The average molecular weight is 369 g/mol. The van der Waals surface area contributed by atoms with E-state index in [-0.39, 0.29) is 11.8 Å². The van der Waals surface area contributed by atoms with E-state index in [4.69, 9.17) is 0 Å². The molecule has 2 aliphatic rings. The van der Waals surface area contributed by atoms with Gasteiger partial charge in [-0.3, -0.25) is 9.59 Å². The number of amides is 2. The molecule has 136 valence electrons.